The normalized spacial score (nSPS) is 10.8. The summed E-state index contributed by atoms with van der Waals surface area (Å²) in [7, 11) is 0. The zero-order valence-corrected chi connectivity index (χ0v) is 12.5. The van der Waals surface area contributed by atoms with Crippen molar-refractivity contribution in [2.24, 2.45) is 0 Å². The second-order valence-corrected chi connectivity index (χ2v) is 4.91. The maximum Gasteiger partial charge on any atom is 0.226 e. The largest absolute Gasteiger partial charge is 0.323 e. The van der Waals surface area contributed by atoms with Gasteiger partial charge >= 0.3 is 0 Å². The van der Waals surface area contributed by atoms with Gasteiger partial charge in [-0.25, -0.2) is 0 Å². The Bertz CT molecular complexity index is 611. The lowest BCUT2D eigenvalue weighted by Crippen LogP contribution is -2.16. The Hall–Kier alpha value is -2.11. The van der Waals surface area contributed by atoms with Gasteiger partial charge in [0, 0.05) is 25.2 Å². The molecule has 0 aliphatic heterocycles. The molecule has 6 heteroatoms. The predicted octanol–water partition coefficient (Wildman–Crippen LogP) is 2.05. The van der Waals surface area contributed by atoms with Gasteiger partial charge in [0.15, 0.2) is 0 Å². The summed E-state index contributed by atoms with van der Waals surface area (Å²) in [6, 6.07) is 2.01. The molecule has 1 N–H and O–H groups in total. The third-order valence-corrected chi connectivity index (χ3v) is 3.33. The fraction of sp³-hybridized carbons (Fsp3) is 0.500. The number of hydrogen-bond donors (Lipinski definition) is 1. The van der Waals surface area contributed by atoms with Gasteiger partial charge in [0.25, 0.3) is 0 Å². The molecule has 0 fully saturated rings. The van der Waals surface area contributed by atoms with E-state index >= 15 is 0 Å². The molecule has 2 rings (SSSR count). The van der Waals surface area contributed by atoms with Crippen molar-refractivity contribution < 1.29 is 4.79 Å². The lowest BCUT2D eigenvalue weighted by Gasteiger charge is -2.06. The van der Waals surface area contributed by atoms with Crippen molar-refractivity contribution in [2.75, 3.05) is 5.32 Å². The average molecular weight is 275 g/mol. The van der Waals surface area contributed by atoms with E-state index in [1.54, 1.807) is 6.20 Å². The first-order valence-corrected chi connectivity index (χ1v) is 6.84. The molecule has 0 radical (unpaired) electrons. The Morgan fingerprint density at radius 2 is 2.05 bits per heavy atom. The molecule has 108 valence electrons. The summed E-state index contributed by atoms with van der Waals surface area (Å²) in [5.41, 5.74) is 3.81. The van der Waals surface area contributed by atoms with Crippen molar-refractivity contribution in [3.8, 4) is 0 Å². The smallest absolute Gasteiger partial charge is 0.226 e. The molecule has 0 spiro atoms. The lowest BCUT2D eigenvalue weighted by molar-refractivity contribution is -0.116. The maximum atomic E-state index is 12.0. The lowest BCUT2D eigenvalue weighted by atomic mass is 10.3. The Morgan fingerprint density at radius 1 is 1.30 bits per heavy atom. The molecule has 2 heterocycles. The SMILES string of the molecule is CCn1ncc(NC(=O)CCn2nc(C)cc2C)c1C. The Balaban J connectivity index is 1.92. The molecule has 0 aromatic carbocycles. The summed E-state index contributed by atoms with van der Waals surface area (Å²) in [4.78, 5) is 12.0. The van der Waals surface area contributed by atoms with E-state index < -0.39 is 0 Å². The number of carbonyl (C=O) groups is 1. The van der Waals surface area contributed by atoms with Crippen LogP contribution in [0.4, 0.5) is 5.69 Å². The van der Waals surface area contributed by atoms with Crippen molar-refractivity contribution >= 4 is 11.6 Å². The third-order valence-electron chi connectivity index (χ3n) is 3.33. The minimum atomic E-state index is -0.0173. The van der Waals surface area contributed by atoms with E-state index in [4.69, 9.17) is 0 Å². The fourth-order valence-electron chi connectivity index (χ4n) is 2.21. The Kier molecular flexibility index (Phi) is 4.22. The first-order chi connectivity index (χ1) is 9.51. The molecule has 0 saturated heterocycles. The predicted molar refractivity (Wildman–Crippen MR) is 77.6 cm³/mol. The Morgan fingerprint density at radius 3 is 2.60 bits per heavy atom. The molecule has 20 heavy (non-hydrogen) atoms. The van der Waals surface area contributed by atoms with Crippen LogP contribution in [0.25, 0.3) is 0 Å². The van der Waals surface area contributed by atoms with E-state index in [0.29, 0.717) is 13.0 Å². The van der Waals surface area contributed by atoms with Crippen LogP contribution in [-0.4, -0.2) is 25.5 Å². The molecule has 0 aliphatic carbocycles. The number of rotatable bonds is 5. The zero-order valence-electron chi connectivity index (χ0n) is 12.5. The second-order valence-electron chi connectivity index (χ2n) is 4.91. The highest BCUT2D eigenvalue weighted by Crippen LogP contribution is 2.13. The summed E-state index contributed by atoms with van der Waals surface area (Å²) in [5, 5.41) is 11.4. The summed E-state index contributed by atoms with van der Waals surface area (Å²) in [6.07, 6.45) is 2.10. The molecular weight excluding hydrogens is 254 g/mol. The molecule has 0 bridgehead atoms. The first-order valence-electron chi connectivity index (χ1n) is 6.84. The minimum absolute atomic E-state index is 0.0173. The van der Waals surface area contributed by atoms with Gasteiger partial charge in [-0.05, 0) is 33.8 Å². The highest BCUT2D eigenvalue weighted by Gasteiger charge is 2.10. The van der Waals surface area contributed by atoms with Crippen LogP contribution < -0.4 is 5.32 Å². The van der Waals surface area contributed by atoms with Crippen LogP contribution >= 0.6 is 0 Å². The molecule has 1 amide bonds. The van der Waals surface area contributed by atoms with E-state index in [-0.39, 0.29) is 5.91 Å². The number of anilines is 1. The van der Waals surface area contributed by atoms with Gasteiger partial charge in [-0.15, -0.1) is 0 Å². The zero-order chi connectivity index (χ0) is 14.7. The van der Waals surface area contributed by atoms with E-state index in [1.807, 2.05) is 43.1 Å². The molecule has 6 nitrogen and oxygen atoms in total. The van der Waals surface area contributed by atoms with Crippen LogP contribution in [0.1, 0.15) is 30.4 Å². The number of aromatic nitrogens is 4. The third kappa shape index (κ3) is 3.07. The van der Waals surface area contributed by atoms with Crippen LogP contribution in [-0.2, 0) is 17.9 Å². The number of carbonyl (C=O) groups excluding carboxylic acids is 1. The van der Waals surface area contributed by atoms with Gasteiger partial charge in [-0.2, -0.15) is 10.2 Å². The highest BCUT2D eigenvalue weighted by atomic mass is 16.1. The quantitative estimate of drug-likeness (QED) is 0.908. The number of nitrogens with one attached hydrogen (secondary N) is 1. The minimum Gasteiger partial charge on any atom is -0.323 e. The van der Waals surface area contributed by atoms with E-state index in [1.165, 1.54) is 0 Å². The number of amides is 1. The van der Waals surface area contributed by atoms with Crippen molar-refractivity contribution in [3.63, 3.8) is 0 Å². The van der Waals surface area contributed by atoms with Gasteiger partial charge in [0.05, 0.1) is 23.3 Å². The van der Waals surface area contributed by atoms with Crippen LogP contribution in [0, 0.1) is 20.8 Å². The van der Waals surface area contributed by atoms with Crippen molar-refractivity contribution in [1.29, 1.82) is 0 Å². The molecular formula is C14H21N5O. The van der Waals surface area contributed by atoms with E-state index in [9.17, 15) is 4.79 Å². The summed E-state index contributed by atoms with van der Waals surface area (Å²) >= 11 is 0. The monoisotopic (exact) mass is 275 g/mol. The van der Waals surface area contributed by atoms with Crippen LogP contribution in [0.2, 0.25) is 0 Å². The van der Waals surface area contributed by atoms with Crippen molar-refractivity contribution in [3.05, 3.63) is 29.3 Å². The molecule has 0 saturated carbocycles. The van der Waals surface area contributed by atoms with E-state index in [2.05, 4.69) is 15.5 Å². The van der Waals surface area contributed by atoms with Gasteiger partial charge < -0.3 is 5.32 Å². The topological polar surface area (TPSA) is 64.7 Å². The Labute approximate surface area is 118 Å². The summed E-state index contributed by atoms with van der Waals surface area (Å²) < 4.78 is 3.72. The second kappa shape index (κ2) is 5.90. The maximum absolute atomic E-state index is 12.0. The van der Waals surface area contributed by atoms with Crippen molar-refractivity contribution in [2.45, 2.75) is 47.2 Å². The first kappa shape index (κ1) is 14.3. The number of nitrogens with zero attached hydrogens (tertiary/aromatic N) is 4. The molecule has 2 aromatic rings. The van der Waals surface area contributed by atoms with Crippen LogP contribution in [0.5, 0.6) is 0 Å². The molecule has 0 unspecified atom stereocenters. The summed E-state index contributed by atoms with van der Waals surface area (Å²) in [6.45, 7) is 9.31. The average Bonchev–Trinajstić information content (AvgIpc) is 2.90. The fourth-order valence-corrected chi connectivity index (χ4v) is 2.21. The van der Waals surface area contributed by atoms with Crippen molar-refractivity contribution in [1.82, 2.24) is 19.6 Å². The van der Waals surface area contributed by atoms with E-state index in [0.717, 1.165) is 29.3 Å². The van der Waals surface area contributed by atoms with Crippen LogP contribution in [0.3, 0.4) is 0 Å². The molecule has 2 aromatic heterocycles. The van der Waals surface area contributed by atoms with Gasteiger partial charge in [-0.1, -0.05) is 0 Å². The number of hydrogen-bond acceptors (Lipinski definition) is 3. The highest BCUT2D eigenvalue weighted by molar-refractivity contribution is 5.91. The standard InChI is InChI=1S/C14H21N5O/c1-5-18-12(4)13(9-15-18)16-14(20)6-7-19-11(3)8-10(2)17-19/h8-9H,5-7H2,1-4H3,(H,16,20). The van der Waals surface area contributed by atoms with Gasteiger partial charge in [0.1, 0.15) is 0 Å². The van der Waals surface area contributed by atoms with Gasteiger partial charge in [-0.3, -0.25) is 14.2 Å². The molecule has 0 atom stereocenters. The number of aryl methyl sites for hydroxylation is 4. The van der Waals surface area contributed by atoms with Crippen LogP contribution in [0.15, 0.2) is 12.3 Å². The molecule has 0 aliphatic rings. The van der Waals surface area contributed by atoms with Gasteiger partial charge in [0.2, 0.25) is 5.91 Å². The summed E-state index contributed by atoms with van der Waals surface area (Å²) in [5.74, 6) is -0.0173.